The van der Waals surface area contributed by atoms with Gasteiger partial charge in [-0.15, -0.1) is 0 Å². The summed E-state index contributed by atoms with van der Waals surface area (Å²) in [4.78, 5) is 10.5. The number of carbonyl (C=O) groups is 1. The first-order chi connectivity index (χ1) is 13.8. The van der Waals surface area contributed by atoms with Crippen LogP contribution in [-0.4, -0.2) is 28.4 Å². The number of hydrogen-bond donors (Lipinski definition) is 2. The zero-order chi connectivity index (χ0) is 21.4. The molecule has 0 aromatic carbocycles. The standard InChI is InChI=1S/C25H40O4.Na/c1-17(2)7-6-8-18(3)13-21(26)11-12-22-23-15-19(9-4-5-10-25(28)29)14-20(23)16-24(22)27;/h7,9,11-12,18,20-24,26-27H,4-6,8,10,13-16H2,1-3H3,(H,28,29);/q;+1/p-1/b12-11+,19-9+;/t18?,20-,21+,22+,23-,24+;/m0./s1. The molecule has 6 atom stereocenters. The number of rotatable bonds is 11. The molecule has 2 aliphatic rings. The summed E-state index contributed by atoms with van der Waals surface area (Å²) in [6, 6.07) is 0. The molecule has 0 bridgehead atoms. The van der Waals surface area contributed by atoms with Crippen LogP contribution in [0.5, 0.6) is 0 Å². The molecule has 2 N–H and O–H groups in total. The quantitative estimate of drug-likeness (QED) is 0.293. The maximum absolute atomic E-state index is 10.5. The van der Waals surface area contributed by atoms with Gasteiger partial charge < -0.3 is 20.1 Å². The molecule has 0 aliphatic heterocycles. The predicted octanol–water partition coefficient (Wildman–Crippen LogP) is 0.934. The fourth-order valence-electron chi connectivity index (χ4n) is 5.01. The van der Waals surface area contributed by atoms with E-state index in [1.165, 1.54) is 11.1 Å². The summed E-state index contributed by atoms with van der Waals surface area (Å²) in [5.74, 6) is 0.547. The first-order valence-corrected chi connectivity index (χ1v) is 11.3. The van der Waals surface area contributed by atoms with Crippen molar-refractivity contribution in [2.24, 2.45) is 23.7 Å². The molecule has 2 rings (SSSR count). The summed E-state index contributed by atoms with van der Waals surface area (Å²) in [5.41, 5.74) is 2.74. The third kappa shape index (κ3) is 9.40. The molecule has 2 fully saturated rings. The maximum atomic E-state index is 10.5. The van der Waals surface area contributed by atoms with Crippen LogP contribution < -0.4 is 34.7 Å². The molecular weight excluding hydrogens is 387 g/mol. The number of aliphatic carboxylic acids is 1. The molecule has 30 heavy (non-hydrogen) atoms. The summed E-state index contributed by atoms with van der Waals surface area (Å²) in [6.45, 7) is 6.41. The van der Waals surface area contributed by atoms with Crippen LogP contribution in [0.1, 0.15) is 78.6 Å². The van der Waals surface area contributed by atoms with Crippen LogP contribution in [0.15, 0.2) is 35.5 Å². The summed E-state index contributed by atoms with van der Waals surface area (Å²) in [6.07, 6.45) is 14.9. The Balaban J connectivity index is 0.00000450. The monoisotopic (exact) mass is 426 g/mol. The van der Waals surface area contributed by atoms with Gasteiger partial charge in [0.05, 0.1) is 12.2 Å². The van der Waals surface area contributed by atoms with Crippen molar-refractivity contribution in [1.29, 1.82) is 0 Å². The average molecular weight is 427 g/mol. The van der Waals surface area contributed by atoms with Crippen molar-refractivity contribution in [2.45, 2.75) is 90.8 Å². The van der Waals surface area contributed by atoms with Gasteiger partial charge >= 0.3 is 29.6 Å². The molecule has 0 amide bonds. The summed E-state index contributed by atoms with van der Waals surface area (Å²) in [7, 11) is 0. The molecule has 0 spiro atoms. The Morgan fingerprint density at radius 2 is 2.00 bits per heavy atom. The van der Waals surface area contributed by atoms with Crippen LogP contribution >= 0.6 is 0 Å². The maximum Gasteiger partial charge on any atom is 1.00 e. The van der Waals surface area contributed by atoms with E-state index in [0.717, 1.165) is 44.9 Å². The Labute approximate surface area is 204 Å². The number of carbonyl (C=O) groups excluding carboxylic acids is 1. The summed E-state index contributed by atoms with van der Waals surface area (Å²) < 4.78 is 0. The minimum Gasteiger partial charge on any atom is -0.550 e. The van der Waals surface area contributed by atoms with E-state index in [1.807, 2.05) is 6.08 Å². The van der Waals surface area contributed by atoms with Crippen molar-refractivity contribution < 1.29 is 49.7 Å². The number of hydrogen-bond acceptors (Lipinski definition) is 4. The molecule has 2 saturated carbocycles. The fraction of sp³-hybridized carbons (Fsp3) is 0.720. The van der Waals surface area contributed by atoms with E-state index in [9.17, 15) is 20.1 Å². The van der Waals surface area contributed by atoms with Gasteiger partial charge in [0.1, 0.15) is 0 Å². The Morgan fingerprint density at radius 3 is 2.67 bits per heavy atom. The first kappa shape index (κ1) is 27.6. The van der Waals surface area contributed by atoms with E-state index in [4.69, 9.17) is 0 Å². The summed E-state index contributed by atoms with van der Waals surface area (Å²) in [5, 5.41) is 31.4. The Bertz CT molecular complexity index is 621. The zero-order valence-electron chi connectivity index (χ0n) is 19.3. The molecule has 164 valence electrons. The van der Waals surface area contributed by atoms with Gasteiger partial charge in [-0.05, 0) is 89.4 Å². The Hall–Kier alpha value is -0.390. The minimum absolute atomic E-state index is 0. The normalized spacial score (nSPS) is 28.9. The average Bonchev–Trinajstić information content (AvgIpc) is 3.13. The number of aliphatic hydroxyl groups is 2. The Kier molecular flexibility index (Phi) is 12.8. The molecular formula is C25H39NaO4. The predicted molar refractivity (Wildman–Crippen MR) is 115 cm³/mol. The molecule has 0 saturated heterocycles. The fourth-order valence-corrected chi connectivity index (χ4v) is 5.01. The molecule has 1 unspecified atom stereocenters. The summed E-state index contributed by atoms with van der Waals surface area (Å²) >= 11 is 0. The second-order valence-electron chi connectivity index (χ2n) is 9.49. The van der Waals surface area contributed by atoms with Crippen LogP contribution in [0, 0.1) is 23.7 Å². The van der Waals surface area contributed by atoms with E-state index in [0.29, 0.717) is 24.2 Å². The van der Waals surface area contributed by atoms with Gasteiger partial charge in [0, 0.05) is 11.9 Å². The second-order valence-corrected chi connectivity index (χ2v) is 9.49. The largest absolute Gasteiger partial charge is 1.00 e. The van der Waals surface area contributed by atoms with Crippen molar-refractivity contribution >= 4 is 5.97 Å². The van der Waals surface area contributed by atoms with Crippen LogP contribution in [0.2, 0.25) is 0 Å². The van der Waals surface area contributed by atoms with E-state index in [2.05, 4.69) is 39.0 Å². The van der Waals surface area contributed by atoms with Crippen LogP contribution in [0.3, 0.4) is 0 Å². The third-order valence-corrected chi connectivity index (χ3v) is 6.54. The van der Waals surface area contributed by atoms with E-state index < -0.39 is 12.1 Å². The van der Waals surface area contributed by atoms with Crippen molar-refractivity contribution in [3.05, 3.63) is 35.5 Å². The van der Waals surface area contributed by atoms with Crippen LogP contribution in [0.4, 0.5) is 0 Å². The molecule has 0 radical (unpaired) electrons. The molecule has 4 nitrogen and oxygen atoms in total. The van der Waals surface area contributed by atoms with Gasteiger partial charge in [0.2, 0.25) is 0 Å². The van der Waals surface area contributed by atoms with Gasteiger partial charge in [0.25, 0.3) is 0 Å². The van der Waals surface area contributed by atoms with Crippen molar-refractivity contribution in [3.8, 4) is 0 Å². The van der Waals surface area contributed by atoms with E-state index in [-0.39, 0.29) is 48.0 Å². The Morgan fingerprint density at radius 1 is 1.27 bits per heavy atom. The van der Waals surface area contributed by atoms with Crippen LogP contribution in [0.25, 0.3) is 0 Å². The number of carboxylic acid groups (broad SMARTS) is 1. The molecule has 2 aliphatic carbocycles. The van der Waals surface area contributed by atoms with Gasteiger partial charge in [-0.2, -0.15) is 0 Å². The molecule has 0 aromatic rings. The van der Waals surface area contributed by atoms with Crippen molar-refractivity contribution in [2.75, 3.05) is 0 Å². The van der Waals surface area contributed by atoms with Crippen LogP contribution in [-0.2, 0) is 4.79 Å². The van der Waals surface area contributed by atoms with Gasteiger partial charge in [0.15, 0.2) is 0 Å². The zero-order valence-corrected chi connectivity index (χ0v) is 21.3. The smallest absolute Gasteiger partial charge is 0.550 e. The third-order valence-electron chi connectivity index (χ3n) is 6.54. The van der Waals surface area contributed by atoms with E-state index in [1.54, 1.807) is 0 Å². The topological polar surface area (TPSA) is 80.6 Å². The van der Waals surface area contributed by atoms with Crippen molar-refractivity contribution in [3.63, 3.8) is 0 Å². The number of unbranched alkanes of at least 4 members (excludes halogenated alkanes) is 1. The molecule has 5 heteroatoms. The number of carboxylic acids is 1. The molecule has 0 heterocycles. The minimum atomic E-state index is -0.982. The number of allylic oxidation sites excluding steroid dienone is 4. The van der Waals surface area contributed by atoms with Gasteiger partial charge in [-0.25, -0.2) is 0 Å². The number of aliphatic hydroxyl groups excluding tert-OH is 2. The first-order valence-electron chi connectivity index (χ1n) is 11.3. The van der Waals surface area contributed by atoms with E-state index >= 15 is 0 Å². The molecule has 0 aromatic heterocycles. The van der Waals surface area contributed by atoms with Gasteiger partial charge in [-0.3, -0.25) is 0 Å². The number of fused-ring (bicyclic) bond motifs is 1. The van der Waals surface area contributed by atoms with Crippen molar-refractivity contribution in [1.82, 2.24) is 0 Å². The van der Waals surface area contributed by atoms with Gasteiger partial charge in [-0.1, -0.05) is 42.4 Å². The SMILES string of the molecule is CC(C)=CCCC(C)C[C@H](O)/C=C/[C@@H]1[C@H]2C/C(=C/CCCC(=O)[O-])C[C@H]2C[C@H]1O.[Na+]. The second kappa shape index (κ2) is 13.9.